The van der Waals surface area contributed by atoms with Crippen LogP contribution >= 0.6 is 0 Å². The van der Waals surface area contributed by atoms with E-state index in [0.717, 1.165) is 16.3 Å². The maximum Gasteiger partial charge on any atom is 0.328 e. The van der Waals surface area contributed by atoms with Gasteiger partial charge in [-0.2, -0.15) is 0 Å². The van der Waals surface area contributed by atoms with Crippen molar-refractivity contribution in [2.45, 2.75) is 6.42 Å². The van der Waals surface area contributed by atoms with Crippen LogP contribution in [0, 0.1) is 5.82 Å². The Morgan fingerprint density at radius 1 is 0.786 bits per heavy atom. The summed E-state index contributed by atoms with van der Waals surface area (Å²) in [7, 11) is 0. The zero-order valence-electron chi connectivity index (χ0n) is 14.7. The van der Waals surface area contributed by atoms with Gasteiger partial charge in [0.05, 0.1) is 0 Å². The van der Waals surface area contributed by atoms with Crippen molar-refractivity contribution in [2.24, 2.45) is 0 Å². The van der Waals surface area contributed by atoms with Gasteiger partial charge in [-0.05, 0) is 39.6 Å². The molecule has 3 aromatic carbocycles. The van der Waals surface area contributed by atoms with E-state index in [2.05, 4.69) is 10.6 Å². The van der Waals surface area contributed by atoms with Crippen molar-refractivity contribution >= 4 is 34.7 Å². The Hall–Kier alpha value is -3.80. The summed E-state index contributed by atoms with van der Waals surface area (Å²) in [4.78, 5) is 35.6. The predicted octanol–water partition coefficient (Wildman–Crippen LogP) is 3.32. The lowest BCUT2D eigenvalue weighted by Crippen LogP contribution is -2.51. The molecule has 1 aliphatic rings. The maximum atomic E-state index is 14.2. The van der Waals surface area contributed by atoms with E-state index in [1.54, 1.807) is 18.2 Å². The third-order valence-corrected chi connectivity index (χ3v) is 4.63. The van der Waals surface area contributed by atoms with Crippen LogP contribution in [0.3, 0.4) is 0 Å². The third-order valence-electron chi connectivity index (χ3n) is 4.63. The van der Waals surface area contributed by atoms with Gasteiger partial charge < -0.3 is 0 Å². The zero-order valence-corrected chi connectivity index (χ0v) is 14.7. The summed E-state index contributed by atoms with van der Waals surface area (Å²) in [6, 6.07) is 16.9. The summed E-state index contributed by atoms with van der Waals surface area (Å²) >= 11 is 0. The molecule has 28 heavy (non-hydrogen) atoms. The normalized spacial score (nSPS) is 14.0. The molecule has 1 aliphatic heterocycles. The van der Waals surface area contributed by atoms with Gasteiger partial charge in [-0.3, -0.25) is 20.2 Å². The summed E-state index contributed by atoms with van der Waals surface area (Å²) in [5.41, 5.74) is 1.72. The fraction of sp³-hybridized carbons (Fsp3) is 0.0455. The Morgan fingerprint density at radius 2 is 1.46 bits per heavy atom. The van der Waals surface area contributed by atoms with Crippen molar-refractivity contribution in [3.8, 4) is 0 Å². The molecule has 6 heteroatoms. The number of urea groups is 1. The monoisotopic (exact) mass is 374 g/mol. The molecule has 5 nitrogen and oxygen atoms in total. The standard InChI is InChI=1S/C22H15FN2O3/c23-19-8-4-2-6-15(19)11-14-10-9-13-5-1-3-7-16(13)17(14)12-18-20(26)24-22(28)25-21(18)27/h1-10,12H,11H2,(H2,24,25,26,27,28). The molecule has 0 saturated carbocycles. The second-order valence-corrected chi connectivity index (χ2v) is 6.42. The van der Waals surface area contributed by atoms with Crippen molar-refractivity contribution in [1.29, 1.82) is 0 Å². The Morgan fingerprint density at radius 3 is 2.21 bits per heavy atom. The summed E-state index contributed by atoms with van der Waals surface area (Å²) in [6.07, 6.45) is 1.74. The van der Waals surface area contributed by atoms with Crippen LogP contribution < -0.4 is 10.6 Å². The van der Waals surface area contributed by atoms with Gasteiger partial charge in [0.1, 0.15) is 11.4 Å². The molecule has 0 atom stereocenters. The van der Waals surface area contributed by atoms with Crippen LogP contribution in [-0.2, 0) is 16.0 Å². The van der Waals surface area contributed by atoms with Crippen LogP contribution in [0.5, 0.6) is 0 Å². The average Bonchev–Trinajstić information content (AvgIpc) is 2.67. The van der Waals surface area contributed by atoms with E-state index in [4.69, 9.17) is 0 Å². The van der Waals surface area contributed by atoms with E-state index in [1.807, 2.05) is 36.4 Å². The summed E-state index contributed by atoms with van der Waals surface area (Å²) < 4.78 is 14.2. The van der Waals surface area contributed by atoms with E-state index in [0.29, 0.717) is 17.5 Å². The molecule has 0 bridgehead atoms. The topological polar surface area (TPSA) is 75.3 Å². The highest BCUT2D eigenvalue weighted by Gasteiger charge is 2.28. The Bertz CT molecular complexity index is 1150. The Balaban J connectivity index is 1.89. The molecular formula is C22H15FN2O3. The number of fused-ring (bicyclic) bond motifs is 1. The molecule has 1 fully saturated rings. The molecule has 0 radical (unpaired) electrons. The molecule has 3 aromatic rings. The highest BCUT2D eigenvalue weighted by Crippen LogP contribution is 2.28. The maximum absolute atomic E-state index is 14.2. The molecule has 0 unspecified atom stereocenters. The number of nitrogens with one attached hydrogen (secondary N) is 2. The molecule has 2 N–H and O–H groups in total. The number of barbiturate groups is 1. The fourth-order valence-electron chi connectivity index (χ4n) is 3.26. The van der Waals surface area contributed by atoms with Crippen LogP contribution in [0.1, 0.15) is 16.7 Å². The number of halogens is 1. The fourth-order valence-corrected chi connectivity index (χ4v) is 3.26. The minimum Gasteiger partial charge on any atom is -0.273 e. The van der Waals surface area contributed by atoms with Crippen LogP contribution in [0.4, 0.5) is 9.18 Å². The predicted molar refractivity (Wildman–Crippen MR) is 103 cm³/mol. The van der Waals surface area contributed by atoms with Gasteiger partial charge in [-0.15, -0.1) is 0 Å². The first-order valence-electron chi connectivity index (χ1n) is 8.65. The lowest BCUT2D eigenvalue weighted by atomic mass is 9.92. The van der Waals surface area contributed by atoms with Crippen LogP contribution in [0.25, 0.3) is 16.8 Å². The number of benzene rings is 3. The van der Waals surface area contributed by atoms with Gasteiger partial charge in [-0.25, -0.2) is 9.18 Å². The van der Waals surface area contributed by atoms with Gasteiger partial charge in [0, 0.05) is 6.42 Å². The number of rotatable bonds is 3. The Labute approximate surface area is 159 Å². The minimum absolute atomic E-state index is 0.175. The first-order chi connectivity index (χ1) is 13.5. The Kier molecular flexibility index (Phi) is 4.45. The SMILES string of the molecule is O=C1NC(=O)C(=Cc2c(Cc3ccccc3F)ccc3ccccc23)C(=O)N1. The molecule has 0 spiro atoms. The van der Waals surface area contributed by atoms with Crippen molar-refractivity contribution in [3.05, 3.63) is 88.7 Å². The van der Waals surface area contributed by atoms with Crippen LogP contribution in [-0.4, -0.2) is 17.8 Å². The van der Waals surface area contributed by atoms with E-state index in [9.17, 15) is 18.8 Å². The minimum atomic E-state index is -0.850. The zero-order chi connectivity index (χ0) is 19.7. The smallest absolute Gasteiger partial charge is 0.273 e. The second-order valence-electron chi connectivity index (χ2n) is 6.42. The van der Waals surface area contributed by atoms with Crippen molar-refractivity contribution in [2.75, 3.05) is 0 Å². The molecule has 4 amide bonds. The summed E-state index contributed by atoms with van der Waals surface area (Å²) in [5.74, 6) is -1.86. The molecule has 4 rings (SSSR count). The number of imide groups is 2. The van der Waals surface area contributed by atoms with Gasteiger partial charge in [0.15, 0.2) is 0 Å². The quantitative estimate of drug-likeness (QED) is 0.546. The van der Waals surface area contributed by atoms with Crippen LogP contribution in [0.15, 0.2) is 66.2 Å². The third kappa shape index (κ3) is 3.27. The number of carbonyl (C=O) groups is 3. The van der Waals surface area contributed by atoms with Gasteiger partial charge in [0.2, 0.25) is 0 Å². The number of hydrogen-bond acceptors (Lipinski definition) is 3. The molecule has 0 aromatic heterocycles. The highest BCUT2D eigenvalue weighted by molar-refractivity contribution is 6.31. The lowest BCUT2D eigenvalue weighted by molar-refractivity contribution is -0.123. The summed E-state index contributed by atoms with van der Waals surface area (Å²) in [6.45, 7) is 0. The van der Waals surface area contributed by atoms with Gasteiger partial charge in [0.25, 0.3) is 11.8 Å². The van der Waals surface area contributed by atoms with Gasteiger partial charge in [-0.1, -0.05) is 54.6 Å². The van der Waals surface area contributed by atoms with Crippen LogP contribution in [0.2, 0.25) is 0 Å². The summed E-state index contributed by atoms with van der Waals surface area (Å²) in [5, 5.41) is 5.87. The van der Waals surface area contributed by atoms with Crippen molar-refractivity contribution in [1.82, 2.24) is 10.6 Å². The van der Waals surface area contributed by atoms with E-state index in [-0.39, 0.29) is 11.4 Å². The molecule has 0 aliphatic carbocycles. The molecule has 1 saturated heterocycles. The first-order valence-corrected chi connectivity index (χ1v) is 8.65. The largest absolute Gasteiger partial charge is 0.328 e. The average molecular weight is 374 g/mol. The van der Waals surface area contributed by atoms with E-state index in [1.165, 1.54) is 12.1 Å². The highest BCUT2D eigenvalue weighted by atomic mass is 19.1. The van der Waals surface area contributed by atoms with E-state index < -0.39 is 17.8 Å². The van der Waals surface area contributed by atoms with Gasteiger partial charge >= 0.3 is 6.03 Å². The van der Waals surface area contributed by atoms with Crippen molar-refractivity contribution in [3.63, 3.8) is 0 Å². The number of hydrogen-bond donors (Lipinski definition) is 2. The molecule has 138 valence electrons. The first kappa shape index (κ1) is 17.6. The van der Waals surface area contributed by atoms with E-state index >= 15 is 0 Å². The number of carbonyl (C=O) groups excluding carboxylic acids is 3. The second kappa shape index (κ2) is 7.08. The van der Waals surface area contributed by atoms with Crippen molar-refractivity contribution < 1.29 is 18.8 Å². The molecule has 1 heterocycles. The lowest BCUT2D eigenvalue weighted by Gasteiger charge is -2.16. The number of amides is 4. The molecular weight excluding hydrogens is 359 g/mol.